The van der Waals surface area contributed by atoms with E-state index in [9.17, 15) is 4.79 Å². The van der Waals surface area contributed by atoms with Crippen LogP contribution in [0.4, 0.5) is 0 Å². The summed E-state index contributed by atoms with van der Waals surface area (Å²) in [5.41, 5.74) is 3.16. The summed E-state index contributed by atoms with van der Waals surface area (Å²) in [5.74, 6) is 0.0963. The second kappa shape index (κ2) is 12.0. The normalized spacial score (nSPS) is 15.7. The summed E-state index contributed by atoms with van der Waals surface area (Å²) in [5, 5.41) is 0. The van der Waals surface area contributed by atoms with Gasteiger partial charge in [0, 0.05) is 44.3 Å². The number of ether oxygens (including phenoxy) is 1. The first-order valence-corrected chi connectivity index (χ1v) is 11.6. The average molecular weight is 424 g/mol. The molecule has 0 radical (unpaired) electrons. The number of hydrogen-bond donors (Lipinski definition) is 0. The Labute approximate surface area is 187 Å². The predicted molar refractivity (Wildman–Crippen MR) is 126 cm³/mol. The van der Waals surface area contributed by atoms with E-state index >= 15 is 0 Å². The molecule has 1 amide bonds. The van der Waals surface area contributed by atoms with E-state index in [4.69, 9.17) is 4.74 Å². The lowest BCUT2D eigenvalue weighted by Crippen LogP contribution is -2.48. The Morgan fingerprint density at radius 3 is 2.16 bits per heavy atom. The molecule has 1 fully saturated rings. The van der Waals surface area contributed by atoms with E-state index in [2.05, 4.69) is 54.8 Å². The van der Waals surface area contributed by atoms with Gasteiger partial charge in [0.2, 0.25) is 0 Å². The van der Waals surface area contributed by atoms with Gasteiger partial charge < -0.3 is 9.64 Å². The SMILES string of the molecule is CCN(CC)Cc1ccc(C(=O)N(Cc2ccccc2)C(C)CN2CCOCC2)cc1. The molecule has 1 unspecified atom stereocenters. The molecule has 2 aromatic rings. The first-order chi connectivity index (χ1) is 15.1. The molecule has 5 heteroatoms. The quantitative estimate of drug-likeness (QED) is 0.581. The van der Waals surface area contributed by atoms with E-state index in [1.807, 2.05) is 35.2 Å². The number of amides is 1. The number of rotatable bonds is 10. The highest BCUT2D eigenvalue weighted by atomic mass is 16.5. The van der Waals surface area contributed by atoms with Crippen molar-refractivity contribution < 1.29 is 9.53 Å². The third-order valence-corrected chi connectivity index (χ3v) is 6.12. The molecule has 5 nitrogen and oxygen atoms in total. The van der Waals surface area contributed by atoms with Crippen LogP contribution < -0.4 is 0 Å². The molecule has 0 spiro atoms. The second-order valence-corrected chi connectivity index (χ2v) is 8.34. The molecule has 0 aromatic heterocycles. The second-order valence-electron chi connectivity index (χ2n) is 8.34. The fourth-order valence-electron chi connectivity index (χ4n) is 4.09. The molecular formula is C26H37N3O2. The van der Waals surface area contributed by atoms with Gasteiger partial charge in [-0.1, -0.05) is 56.3 Å². The molecule has 0 bridgehead atoms. The van der Waals surface area contributed by atoms with E-state index in [1.165, 1.54) is 5.56 Å². The van der Waals surface area contributed by atoms with Gasteiger partial charge in [-0.3, -0.25) is 14.6 Å². The topological polar surface area (TPSA) is 36.0 Å². The van der Waals surface area contributed by atoms with Crippen molar-refractivity contribution in [3.8, 4) is 0 Å². The highest BCUT2D eigenvalue weighted by molar-refractivity contribution is 5.94. The van der Waals surface area contributed by atoms with Gasteiger partial charge in [0.05, 0.1) is 13.2 Å². The summed E-state index contributed by atoms with van der Waals surface area (Å²) < 4.78 is 5.48. The summed E-state index contributed by atoms with van der Waals surface area (Å²) in [4.78, 5) is 20.3. The van der Waals surface area contributed by atoms with Crippen molar-refractivity contribution in [2.75, 3.05) is 45.9 Å². The van der Waals surface area contributed by atoms with Gasteiger partial charge >= 0.3 is 0 Å². The van der Waals surface area contributed by atoms with E-state index < -0.39 is 0 Å². The maximum atomic E-state index is 13.6. The fraction of sp³-hybridized carbons (Fsp3) is 0.500. The van der Waals surface area contributed by atoms with Crippen LogP contribution in [-0.2, 0) is 17.8 Å². The van der Waals surface area contributed by atoms with Gasteiger partial charge in [-0.2, -0.15) is 0 Å². The Morgan fingerprint density at radius 2 is 1.55 bits per heavy atom. The van der Waals surface area contributed by atoms with Crippen molar-refractivity contribution in [2.45, 2.75) is 39.9 Å². The zero-order valence-corrected chi connectivity index (χ0v) is 19.3. The largest absolute Gasteiger partial charge is 0.379 e. The van der Waals surface area contributed by atoms with Gasteiger partial charge in [0.1, 0.15) is 0 Å². The number of morpholine rings is 1. The van der Waals surface area contributed by atoms with Gasteiger partial charge in [0.25, 0.3) is 5.91 Å². The summed E-state index contributed by atoms with van der Waals surface area (Å²) in [6.07, 6.45) is 0. The molecule has 1 saturated heterocycles. The maximum absolute atomic E-state index is 13.6. The zero-order valence-electron chi connectivity index (χ0n) is 19.3. The predicted octanol–water partition coefficient (Wildman–Crippen LogP) is 3.89. The Morgan fingerprint density at radius 1 is 0.935 bits per heavy atom. The van der Waals surface area contributed by atoms with Crippen molar-refractivity contribution in [2.24, 2.45) is 0 Å². The van der Waals surface area contributed by atoms with E-state index in [-0.39, 0.29) is 11.9 Å². The summed E-state index contributed by atoms with van der Waals surface area (Å²) in [6, 6.07) is 18.5. The van der Waals surface area contributed by atoms with E-state index in [0.717, 1.165) is 63.6 Å². The lowest BCUT2D eigenvalue weighted by Gasteiger charge is -2.35. The number of hydrogen-bond acceptors (Lipinski definition) is 4. The lowest BCUT2D eigenvalue weighted by atomic mass is 10.1. The van der Waals surface area contributed by atoms with E-state index in [1.54, 1.807) is 0 Å². The minimum atomic E-state index is 0.0963. The monoisotopic (exact) mass is 423 g/mol. The van der Waals surface area contributed by atoms with Crippen LogP contribution in [0.15, 0.2) is 54.6 Å². The van der Waals surface area contributed by atoms with E-state index in [0.29, 0.717) is 6.54 Å². The molecule has 0 aliphatic carbocycles. The number of carbonyl (C=O) groups excluding carboxylic acids is 1. The Balaban J connectivity index is 1.74. The molecule has 2 aromatic carbocycles. The van der Waals surface area contributed by atoms with Gasteiger partial charge in [0.15, 0.2) is 0 Å². The first-order valence-electron chi connectivity index (χ1n) is 11.6. The van der Waals surface area contributed by atoms with Gasteiger partial charge in [-0.15, -0.1) is 0 Å². The Hall–Kier alpha value is -2.21. The molecule has 1 aliphatic heterocycles. The molecule has 0 N–H and O–H groups in total. The van der Waals surface area contributed by atoms with Crippen molar-refractivity contribution in [3.05, 3.63) is 71.3 Å². The molecule has 31 heavy (non-hydrogen) atoms. The van der Waals surface area contributed by atoms with Crippen molar-refractivity contribution in [1.29, 1.82) is 0 Å². The van der Waals surface area contributed by atoms with Gasteiger partial charge in [-0.25, -0.2) is 0 Å². The van der Waals surface area contributed by atoms with Crippen LogP contribution in [0.3, 0.4) is 0 Å². The standard InChI is InChI=1S/C26H37N3O2/c1-4-27(5-2)20-24-11-13-25(14-12-24)26(30)29(21-23-9-7-6-8-10-23)22(3)19-28-15-17-31-18-16-28/h6-14,22H,4-5,15-21H2,1-3H3. The van der Waals surface area contributed by atoms with Crippen molar-refractivity contribution >= 4 is 5.91 Å². The average Bonchev–Trinajstić information content (AvgIpc) is 2.82. The zero-order chi connectivity index (χ0) is 22.1. The molecule has 1 heterocycles. The minimum absolute atomic E-state index is 0.0963. The molecular weight excluding hydrogens is 386 g/mol. The van der Waals surface area contributed by atoms with Crippen LogP contribution >= 0.6 is 0 Å². The lowest BCUT2D eigenvalue weighted by molar-refractivity contribution is 0.0228. The van der Waals surface area contributed by atoms with Crippen LogP contribution in [0.5, 0.6) is 0 Å². The van der Waals surface area contributed by atoms with Crippen LogP contribution in [0.2, 0.25) is 0 Å². The highest BCUT2D eigenvalue weighted by Crippen LogP contribution is 2.16. The molecule has 1 aliphatic rings. The highest BCUT2D eigenvalue weighted by Gasteiger charge is 2.24. The van der Waals surface area contributed by atoms with Crippen LogP contribution in [0, 0.1) is 0 Å². The minimum Gasteiger partial charge on any atom is -0.379 e. The smallest absolute Gasteiger partial charge is 0.254 e. The summed E-state index contributed by atoms with van der Waals surface area (Å²) in [7, 11) is 0. The van der Waals surface area contributed by atoms with Crippen LogP contribution in [0.1, 0.15) is 42.3 Å². The molecule has 1 atom stereocenters. The Kier molecular flexibility index (Phi) is 9.07. The van der Waals surface area contributed by atoms with Crippen molar-refractivity contribution in [1.82, 2.24) is 14.7 Å². The van der Waals surface area contributed by atoms with Crippen LogP contribution in [0.25, 0.3) is 0 Å². The van der Waals surface area contributed by atoms with Crippen LogP contribution in [-0.4, -0.2) is 72.6 Å². The third kappa shape index (κ3) is 6.89. The van der Waals surface area contributed by atoms with Gasteiger partial charge in [-0.05, 0) is 43.3 Å². The van der Waals surface area contributed by atoms with Crippen molar-refractivity contribution in [3.63, 3.8) is 0 Å². The first kappa shape index (κ1) is 23.5. The Bertz CT molecular complexity index is 784. The summed E-state index contributed by atoms with van der Waals surface area (Å²) >= 11 is 0. The number of carbonyl (C=O) groups is 1. The third-order valence-electron chi connectivity index (χ3n) is 6.12. The molecule has 3 rings (SSSR count). The maximum Gasteiger partial charge on any atom is 0.254 e. The molecule has 0 saturated carbocycles. The fourth-order valence-corrected chi connectivity index (χ4v) is 4.09. The number of nitrogens with zero attached hydrogens (tertiary/aromatic N) is 3. The number of benzene rings is 2. The summed E-state index contributed by atoms with van der Waals surface area (Å²) in [6.45, 7) is 14.4. The molecule has 168 valence electrons.